The van der Waals surface area contributed by atoms with Crippen molar-refractivity contribution in [3.8, 4) is 5.75 Å². The highest BCUT2D eigenvalue weighted by Crippen LogP contribution is 2.26. The van der Waals surface area contributed by atoms with Crippen molar-refractivity contribution in [3.05, 3.63) is 64.1 Å². The van der Waals surface area contributed by atoms with Gasteiger partial charge in [0.2, 0.25) is 5.91 Å². The van der Waals surface area contributed by atoms with E-state index in [0.717, 1.165) is 28.4 Å². The lowest BCUT2D eigenvalue weighted by Crippen LogP contribution is -2.49. The fraction of sp³-hybridized carbons (Fsp3) is 0.440. The zero-order chi connectivity index (χ0) is 22.8. The molecule has 1 atom stereocenters. The Bertz CT molecular complexity index is 852. The van der Waals surface area contributed by atoms with E-state index in [0.29, 0.717) is 18.8 Å². The van der Waals surface area contributed by atoms with Gasteiger partial charge in [-0.25, -0.2) is 0 Å². The van der Waals surface area contributed by atoms with E-state index in [9.17, 15) is 9.59 Å². The fourth-order valence-electron chi connectivity index (χ4n) is 3.22. The quantitative estimate of drug-likeness (QED) is 0.437. The number of carbonyl (C=O) groups excluding carboxylic acids is 2. The number of benzene rings is 2. The molecule has 0 aromatic heterocycles. The third-order valence-electron chi connectivity index (χ3n) is 5.16. The van der Waals surface area contributed by atoms with Crippen LogP contribution in [0.5, 0.6) is 5.75 Å². The van der Waals surface area contributed by atoms with Crippen LogP contribution in [0.25, 0.3) is 0 Å². The Kier molecular flexibility index (Phi) is 10.0. The molecular formula is C25H33BrN2O3. The van der Waals surface area contributed by atoms with Crippen molar-refractivity contribution in [1.82, 2.24) is 10.2 Å². The van der Waals surface area contributed by atoms with Crippen molar-refractivity contribution >= 4 is 27.7 Å². The van der Waals surface area contributed by atoms with Crippen LogP contribution in [0.1, 0.15) is 57.6 Å². The van der Waals surface area contributed by atoms with Gasteiger partial charge in [-0.3, -0.25) is 9.59 Å². The number of carbonyl (C=O) groups is 2. The number of hydrogen-bond acceptors (Lipinski definition) is 3. The lowest BCUT2D eigenvalue weighted by Gasteiger charge is -2.29. The third-order valence-corrected chi connectivity index (χ3v) is 5.68. The number of nitrogens with one attached hydrogen (secondary N) is 1. The zero-order valence-electron chi connectivity index (χ0n) is 18.9. The predicted octanol–water partition coefficient (Wildman–Crippen LogP) is 5.28. The summed E-state index contributed by atoms with van der Waals surface area (Å²) in [6.07, 6.45) is 1.91. The largest absolute Gasteiger partial charge is 0.483 e. The highest BCUT2D eigenvalue weighted by Gasteiger charge is 2.26. The summed E-state index contributed by atoms with van der Waals surface area (Å²) < 4.78 is 6.86. The van der Waals surface area contributed by atoms with E-state index in [1.807, 2.05) is 48.5 Å². The van der Waals surface area contributed by atoms with Crippen LogP contribution >= 0.6 is 15.9 Å². The molecule has 2 amide bonds. The first kappa shape index (κ1) is 24.9. The number of nitrogens with zero attached hydrogens (tertiary/aromatic N) is 1. The van der Waals surface area contributed by atoms with Crippen LogP contribution in [0.15, 0.2) is 53.0 Å². The second-order valence-electron chi connectivity index (χ2n) is 7.95. The highest BCUT2D eigenvalue weighted by atomic mass is 79.9. The Morgan fingerprint density at radius 2 is 1.74 bits per heavy atom. The van der Waals surface area contributed by atoms with E-state index < -0.39 is 6.04 Å². The van der Waals surface area contributed by atoms with Gasteiger partial charge in [0.05, 0.1) is 0 Å². The molecule has 0 heterocycles. The Labute approximate surface area is 194 Å². The maximum Gasteiger partial charge on any atom is 0.261 e. The van der Waals surface area contributed by atoms with Crippen LogP contribution in [0.2, 0.25) is 0 Å². The third kappa shape index (κ3) is 7.69. The fourth-order valence-corrected chi connectivity index (χ4v) is 3.48. The van der Waals surface area contributed by atoms with Crippen LogP contribution < -0.4 is 10.1 Å². The molecule has 5 nitrogen and oxygen atoms in total. The van der Waals surface area contributed by atoms with E-state index in [1.54, 1.807) is 11.8 Å². The molecular weight excluding hydrogens is 456 g/mol. The average Bonchev–Trinajstić information content (AvgIpc) is 2.76. The van der Waals surface area contributed by atoms with Gasteiger partial charge in [-0.05, 0) is 48.6 Å². The first-order valence-electron chi connectivity index (χ1n) is 10.9. The number of unbranched alkanes of at least 4 members (excludes halogenated alkanes) is 1. The number of rotatable bonds is 11. The zero-order valence-corrected chi connectivity index (χ0v) is 20.4. The molecule has 0 saturated carbocycles. The van der Waals surface area contributed by atoms with Crippen LogP contribution in [-0.2, 0) is 16.1 Å². The standard InChI is InChI=1S/C25H33BrN2O3/c1-5-6-15-27-25(30)19(4)28(16-20-11-13-21(26)14-12-20)24(29)17-31-23-10-8-7-9-22(23)18(2)3/h7-14,18-19H,5-6,15-17H2,1-4H3,(H,27,30). The number of para-hydroxylation sites is 1. The van der Waals surface area contributed by atoms with Gasteiger partial charge >= 0.3 is 0 Å². The molecule has 168 valence electrons. The van der Waals surface area contributed by atoms with Crippen molar-refractivity contribution < 1.29 is 14.3 Å². The number of amides is 2. The SMILES string of the molecule is CCCCNC(=O)C(C)N(Cc1ccc(Br)cc1)C(=O)COc1ccccc1C(C)C. The summed E-state index contributed by atoms with van der Waals surface area (Å²) >= 11 is 3.43. The molecule has 6 heteroatoms. The lowest BCUT2D eigenvalue weighted by molar-refractivity contribution is -0.142. The minimum absolute atomic E-state index is 0.118. The van der Waals surface area contributed by atoms with Gasteiger partial charge in [0.1, 0.15) is 11.8 Å². The molecule has 2 aromatic carbocycles. The van der Waals surface area contributed by atoms with E-state index >= 15 is 0 Å². The summed E-state index contributed by atoms with van der Waals surface area (Å²) in [5.41, 5.74) is 2.01. The first-order chi connectivity index (χ1) is 14.8. The molecule has 0 radical (unpaired) electrons. The number of hydrogen-bond donors (Lipinski definition) is 1. The molecule has 0 aliphatic heterocycles. The molecule has 0 aliphatic carbocycles. The van der Waals surface area contributed by atoms with Crippen molar-refractivity contribution in [2.24, 2.45) is 0 Å². The maximum atomic E-state index is 13.2. The monoisotopic (exact) mass is 488 g/mol. The van der Waals surface area contributed by atoms with Crippen molar-refractivity contribution in [3.63, 3.8) is 0 Å². The molecule has 0 bridgehead atoms. The molecule has 0 saturated heterocycles. The summed E-state index contributed by atoms with van der Waals surface area (Å²) in [5, 5.41) is 2.93. The van der Waals surface area contributed by atoms with E-state index in [1.165, 1.54) is 0 Å². The Balaban J connectivity index is 2.15. The van der Waals surface area contributed by atoms with Gasteiger partial charge in [-0.15, -0.1) is 0 Å². The second kappa shape index (κ2) is 12.5. The summed E-state index contributed by atoms with van der Waals surface area (Å²) in [6, 6.07) is 14.9. The molecule has 1 N–H and O–H groups in total. The van der Waals surface area contributed by atoms with Crippen molar-refractivity contribution in [2.45, 2.75) is 59.0 Å². The summed E-state index contributed by atoms with van der Waals surface area (Å²) in [4.78, 5) is 27.4. The summed E-state index contributed by atoms with van der Waals surface area (Å²) in [7, 11) is 0. The van der Waals surface area contributed by atoms with E-state index in [4.69, 9.17) is 4.74 Å². The van der Waals surface area contributed by atoms with Crippen LogP contribution in [-0.4, -0.2) is 35.9 Å². The summed E-state index contributed by atoms with van der Waals surface area (Å²) in [6.45, 7) is 8.85. The predicted molar refractivity (Wildman–Crippen MR) is 128 cm³/mol. The molecule has 0 spiro atoms. The number of halogens is 1. The molecule has 2 aromatic rings. The topological polar surface area (TPSA) is 58.6 Å². The molecule has 31 heavy (non-hydrogen) atoms. The van der Waals surface area contributed by atoms with Crippen LogP contribution in [0.4, 0.5) is 0 Å². The van der Waals surface area contributed by atoms with Gasteiger partial charge < -0.3 is 15.0 Å². The maximum absolute atomic E-state index is 13.2. The molecule has 1 unspecified atom stereocenters. The Morgan fingerprint density at radius 3 is 2.39 bits per heavy atom. The van der Waals surface area contributed by atoms with E-state index in [2.05, 4.69) is 42.0 Å². The second-order valence-corrected chi connectivity index (χ2v) is 8.87. The average molecular weight is 489 g/mol. The van der Waals surface area contributed by atoms with Crippen LogP contribution in [0.3, 0.4) is 0 Å². The molecule has 0 fully saturated rings. The smallest absolute Gasteiger partial charge is 0.261 e. The van der Waals surface area contributed by atoms with Gasteiger partial charge in [-0.1, -0.05) is 73.5 Å². The first-order valence-corrected chi connectivity index (χ1v) is 11.7. The Morgan fingerprint density at radius 1 is 1.06 bits per heavy atom. The minimum Gasteiger partial charge on any atom is -0.483 e. The Hall–Kier alpha value is -2.34. The highest BCUT2D eigenvalue weighted by molar-refractivity contribution is 9.10. The molecule has 0 aliphatic rings. The van der Waals surface area contributed by atoms with Crippen molar-refractivity contribution in [2.75, 3.05) is 13.2 Å². The van der Waals surface area contributed by atoms with E-state index in [-0.39, 0.29) is 24.3 Å². The van der Waals surface area contributed by atoms with Gasteiger partial charge in [-0.2, -0.15) is 0 Å². The summed E-state index contributed by atoms with van der Waals surface area (Å²) in [5.74, 6) is 0.615. The lowest BCUT2D eigenvalue weighted by atomic mass is 10.0. The van der Waals surface area contributed by atoms with Gasteiger partial charge in [0, 0.05) is 17.6 Å². The van der Waals surface area contributed by atoms with Gasteiger partial charge in [0.25, 0.3) is 5.91 Å². The van der Waals surface area contributed by atoms with Crippen molar-refractivity contribution in [1.29, 1.82) is 0 Å². The molecule has 2 rings (SSSR count). The van der Waals surface area contributed by atoms with Crippen LogP contribution in [0, 0.1) is 0 Å². The number of ether oxygens (including phenoxy) is 1. The minimum atomic E-state index is -0.600. The van der Waals surface area contributed by atoms with Gasteiger partial charge in [0.15, 0.2) is 6.61 Å². The normalized spacial score (nSPS) is 11.8.